The first kappa shape index (κ1) is 11.7. The highest BCUT2D eigenvalue weighted by atomic mass is 79.9. The molecule has 1 saturated carbocycles. The minimum absolute atomic E-state index is 0.554. The van der Waals surface area contributed by atoms with Crippen molar-refractivity contribution in [2.75, 3.05) is 5.73 Å². The molecule has 2 aromatic rings. The van der Waals surface area contributed by atoms with Crippen LogP contribution in [0.4, 0.5) is 5.82 Å². The monoisotopic (exact) mass is 303 g/mol. The summed E-state index contributed by atoms with van der Waals surface area (Å²) in [5.74, 6) is 1.86. The number of hydrogen-bond donors (Lipinski definition) is 1. The first-order valence-corrected chi connectivity index (χ1v) is 6.84. The molecule has 0 saturated heterocycles. The van der Waals surface area contributed by atoms with Gasteiger partial charge in [0.15, 0.2) is 5.82 Å². The molecule has 92 valence electrons. The third-order valence-electron chi connectivity index (χ3n) is 3.19. The van der Waals surface area contributed by atoms with Gasteiger partial charge >= 0.3 is 0 Å². The van der Waals surface area contributed by atoms with E-state index in [2.05, 4.69) is 38.9 Å². The number of nitrogens with zero attached hydrogens (tertiary/aromatic N) is 2. The van der Waals surface area contributed by atoms with Crippen LogP contribution in [0.2, 0.25) is 0 Å². The third-order valence-corrected chi connectivity index (χ3v) is 4.05. The Morgan fingerprint density at radius 3 is 2.67 bits per heavy atom. The van der Waals surface area contributed by atoms with Crippen LogP contribution in [0.5, 0.6) is 0 Å². The molecule has 2 N–H and O–H groups in total. The molecule has 1 fully saturated rings. The Bertz CT molecular complexity index is 606. The van der Waals surface area contributed by atoms with E-state index in [1.807, 2.05) is 18.2 Å². The second-order valence-corrected chi connectivity index (χ2v) is 5.63. The molecule has 1 aliphatic carbocycles. The first-order chi connectivity index (χ1) is 8.63. The maximum Gasteiger partial charge on any atom is 0.161 e. The van der Waals surface area contributed by atoms with E-state index in [9.17, 15) is 0 Å². The number of aromatic nitrogens is 2. The number of nitrogens with two attached hydrogens (primary N) is 1. The molecular weight excluding hydrogens is 290 g/mol. The normalized spacial score (nSPS) is 14.8. The fourth-order valence-corrected chi connectivity index (χ4v) is 2.31. The Kier molecular flexibility index (Phi) is 2.82. The van der Waals surface area contributed by atoms with E-state index in [1.54, 1.807) is 0 Å². The van der Waals surface area contributed by atoms with Gasteiger partial charge in [0.25, 0.3) is 0 Å². The van der Waals surface area contributed by atoms with Crippen molar-refractivity contribution < 1.29 is 0 Å². The van der Waals surface area contributed by atoms with Gasteiger partial charge in [-0.15, -0.1) is 0 Å². The topological polar surface area (TPSA) is 51.8 Å². The van der Waals surface area contributed by atoms with Crippen LogP contribution >= 0.6 is 15.9 Å². The van der Waals surface area contributed by atoms with Crippen LogP contribution in [0.3, 0.4) is 0 Å². The van der Waals surface area contributed by atoms with Crippen molar-refractivity contribution in [3.8, 4) is 11.4 Å². The molecule has 1 aliphatic rings. The van der Waals surface area contributed by atoms with E-state index in [4.69, 9.17) is 5.73 Å². The average Bonchev–Trinajstić information content (AvgIpc) is 3.16. The molecule has 3 rings (SSSR count). The van der Waals surface area contributed by atoms with Gasteiger partial charge in [-0.3, -0.25) is 0 Å². The van der Waals surface area contributed by atoms with Crippen molar-refractivity contribution >= 4 is 21.7 Å². The Morgan fingerprint density at radius 1 is 1.22 bits per heavy atom. The zero-order valence-corrected chi connectivity index (χ0v) is 11.7. The van der Waals surface area contributed by atoms with E-state index in [-0.39, 0.29) is 0 Å². The van der Waals surface area contributed by atoms with Crippen LogP contribution in [0, 0.1) is 6.92 Å². The van der Waals surface area contributed by atoms with E-state index < -0.39 is 0 Å². The van der Waals surface area contributed by atoms with Crippen LogP contribution in [0.1, 0.15) is 30.0 Å². The predicted octanol–water partition coefficient (Wildman–Crippen LogP) is 3.67. The zero-order valence-electron chi connectivity index (χ0n) is 10.2. The van der Waals surface area contributed by atoms with Gasteiger partial charge in [0.2, 0.25) is 0 Å². The summed E-state index contributed by atoms with van der Waals surface area (Å²) in [6, 6.07) is 8.03. The van der Waals surface area contributed by atoms with Gasteiger partial charge in [-0.1, -0.05) is 28.1 Å². The number of benzene rings is 1. The van der Waals surface area contributed by atoms with Gasteiger partial charge < -0.3 is 5.73 Å². The highest BCUT2D eigenvalue weighted by Crippen LogP contribution is 2.40. The van der Waals surface area contributed by atoms with E-state index in [0.29, 0.717) is 11.7 Å². The molecule has 1 heterocycles. The maximum absolute atomic E-state index is 5.87. The summed E-state index contributed by atoms with van der Waals surface area (Å²) >= 11 is 3.53. The highest BCUT2D eigenvalue weighted by molar-refractivity contribution is 9.10. The third kappa shape index (κ3) is 2.25. The van der Waals surface area contributed by atoms with Gasteiger partial charge in [0.1, 0.15) is 5.82 Å². The van der Waals surface area contributed by atoms with E-state index in [1.165, 1.54) is 18.4 Å². The van der Waals surface area contributed by atoms with Gasteiger partial charge in [-0.25, -0.2) is 9.97 Å². The van der Waals surface area contributed by atoms with Gasteiger partial charge in [0, 0.05) is 27.7 Å². The van der Waals surface area contributed by atoms with E-state index in [0.717, 1.165) is 21.6 Å². The molecule has 3 nitrogen and oxygen atoms in total. The minimum atomic E-state index is 0.554. The Balaban J connectivity index is 2.07. The molecule has 1 aromatic heterocycles. The van der Waals surface area contributed by atoms with Crippen LogP contribution in [-0.2, 0) is 0 Å². The fourth-order valence-electron chi connectivity index (χ4n) is 1.93. The van der Waals surface area contributed by atoms with Crippen molar-refractivity contribution in [2.24, 2.45) is 0 Å². The Morgan fingerprint density at radius 2 is 2.00 bits per heavy atom. The molecule has 0 radical (unpaired) electrons. The summed E-state index contributed by atoms with van der Waals surface area (Å²) in [4.78, 5) is 8.96. The number of rotatable bonds is 2. The summed E-state index contributed by atoms with van der Waals surface area (Å²) in [5, 5.41) is 0. The number of nitrogen functional groups attached to an aromatic ring is 1. The van der Waals surface area contributed by atoms with Gasteiger partial charge in [0.05, 0.1) is 0 Å². The quantitative estimate of drug-likeness (QED) is 0.921. The second kappa shape index (κ2) is 4.35. The van der Waals surface area contributed by atoms with Crippen molar-refractivity contribution in [1.29, 1.82) is 0 Å². The maximum atomic E-state index is 5.87. The number of anilines is 1. The van der Waals surface area contributed by atoms with Crippen LogP contribution in [-0.4, -0.2) is 9.97 Å². The van der Waals surface area contributed by atoms with Crippen LogP contribution in [0.15, 0.2) is 28.7 Å². The van der Waals surface area contributed by atoms with Crippen molar-refractivity contribution in [3.05, 3.63) is 40.0 Å². The number of hydrogen-bond acceptors (Lipinski definition) is 3. The smallest absolute Gasteiger partial charge is 0.161 e. The highest BCUT2D eigenvalue weighted by Gasteiger charge is 2.26. The Labute approximate surface area is 115 Å². The molecule has 0 bridgehead atoms. The van der Waals surface area contributed by atoms with Crippen molar-refractivity contribution in [3.63, 3.8) is 0 Å². The standard InChI is InChI=1S/C14H14BrN3/c1-8-2-3-10(6-11(8)15)14-17-12(9-4-5-9)7-13(16)18-14/h2-3,6-7,9H,4-5H2,1H3,(H2,16,17,18). The largest absolute Gasteiger partial charge is 0.384 e. The lowest BCUT2D eigenvalue weighted by Crippen LogP contribution is -1.99. The lowest BCUT2D eigenvalue weighted by atomic mass is 10.1. The molecule has 0 amide bonds. The fraction of sp³-hybridized carbons (Fsp3) is 0.286. The molecular formula is C14H14BrN3. The number of halogens is 1. The molecule has 4 heteroatoms. The van der Waals surface area contributed by atoms with Crippen molar-refractivity contribution in [2.45, 2.75) is 25.7 Å². The average molecular weight is 304 g/mol. The van der Waals surface area contributed by atoms with E-state index >= 15 is 0 Å². The van der Waals surface area contributed by atoms with Crippen LogP contribution < -0.4 is 5.73 Å². The second-order valence-electron chi connectivity index (χ2n) is 4.78. The molecule has 18 heavy (non-hydrogen) atoms. The molecule has 1 aromatic carbocycles. The summed E-state index contributed by atoms with van der Waals surface area (Å²) in [5.41, 5.74) is 9.15. The molecule has 0 spiro atoms. The first-order valence-electron chi connectivity index (χ1n) is 6.04. The molecule has 0 atom stereocenters. The summed E-state index contributed by atoms with van der Waals surface area (Å²) < 4.78 is 1.07. The summed E-state index contributed by atoms with van der Waals surface area (Å²) in [7, 11) is 0. The number of aryl methyl sites for hydroxylation is 1. The lowest BCUT2D eigenvalue weighted by Gasteiger charge is -2.06. The molecule has 0 unspecified atom stereocenters. The SMILES string of the molecule is Cc1ccc(-c2nc(N)cc(C3CC3)n2)cc1Br. The van der Waals surface area contributed by atoms with Crippen molar-refractivity contribution in [1.82, 2.24) is 9.97 Å². The van der Waals surface area contributed by atoms with Crippen LogP contribution in [0.25, 0.3) is 11.4 Å². The predicted molar refractivity (Wildman–Crippen MR) is 76.3 cm³/mol. The Hall–Kier alpha value is -1.42. The minimum Gasteiger partial charge on any atom is -0.384 e. The summed E-state index contributed by atoms with van der Waals surface area (Å²) in [6.45, 7) is 2.06. The summed E-state index contributed by atoms with van der Waals surface area (Å²) in [6.07, 6.45) is 2.43. The lowest BCUT2D eigenvalue weighted by molar-refractivity contribution is 0.998. The van der Waals surface area contributed by atoms with Gasteiger partial charge in [-0.05, 0) is 31.4 Å². The van der Waals surface area contributed by atoms with Gasteiger partial charge in [-0.2, -0.15) is 0 Å². The molecule has 0 aliphatic heterocycles. The zero-order chi connectivity index (χ0) is 12.7.